The number of piperidine rings is 1. The van der Waals surface area contributed by atoms with E-state index in [9.17, 15) is 18.3 Å². The predicted octanol–water partition coefficient (Wildman–Crippen LogP) is 4.68. The second-order valence-electron chi connectivity index (χ2n) is 10.9. The van der Waals surface area contributed by atoms with Crippen molar-refractivity contribution in [1.82, 2.24) is 10.2 Å². The van der Waals surface area contributed by atoms with Crippen LogP contribution in [0.25, 0.3) is 0 Å². The van der Waals surface area contributed by atoms with Gasteiger partial charge in [-0.25, -0.2) is 0 Å². The van der Waals surface area contributed by atoms with Gasteiger partial charge in [-0.15, -0.1) is 0 Å². The van der Waals surface area contributed by atoms with Crippen LogP contribution in [0.5, 0.6) is 5.75 Å². The van der Waals surface area contributed by atoms with E-state index in [1.807, 2.05) is 30.3 Å². The van der Waals surface area contributed by atoms with Crippen LogP contribution in [0.2, 0.25) is 0 Å². The van der Waals surface area contributed by atoms with Crippen molar-refractivity contribution in [2.45, 2.75) is 68.4 Å². The molecule has 188 valence electrons. The average molecular weight is 487 g/mol. The Morgan fingerprint density at radius 2 is 1.83 bits per heavy atom. The number of halogens is 3. The van der Waals surface area contributed by atoms with Gasteiger partial charge in [-0.2, -0.15) is 13.2 Å². The molecule has 4 nitrogen and oxygen atoms in total. The van der Waals surface area contributed by atoms with Crippen LogP contribution < -0.4 is 10.1 Å². The van der Waals surface area contributed by atoms with Gasteiger partial charge in [0.25, 0.3) is 0 Å². The highest BCUT2D eigenvalue weighted by Crippen LogP contribution is 2.57. The first kappa shape index (κ1) is 23.3. The lowest BCUT2D eigenvalue weighted by atomic mass is 9.52. The molecule has 0 aromatic heterocycles. The van der Waals surface area contributed by atoms with Crippen molar-refractivity contribution in [3.8, 4) is 5.75 Å². The number of aliphatic hydroxyl groups is 1. The third-order valence-electron chi connectivity index (χ3n) is 8.92. The summed E-state index contributed by atoms with van der Waals surface area (Å²) in [5.74, 6) is 0.531. The third-order valence-corrected chi connectivity index (χ3v) is 8.92. The van der Waals surface area contributed by atoms with Crippen LogP contribution >= 0.6 is 0 Å². The Morgan fingerprint density at radius 1 is 1.06 bits per heavy atom. The fraction of sp³-hybridized carbons (Fsp3) is 0.571. The summed E-state index contributed by atoms with van der Waals surface area (Å²) >= 11 is 0. The largest absolute Gasteiger partial charge is 0.488 e. The van der Waals surface area contributed by atoms with Crippen molar-refractivity contribution in [3.63, 3.8) is 0 Å². The maximum absolute atomic E-state index is 14.2. The summed E-state index contributed by atoms with van der Waals surface area (Å²) in [6.45, 7) is 3.36. The molecule has 2 aliphatic heterocycles. The van der Waals surface area contributed by atoms with Crippen molar-refractivity contribution in [1.29, 1.82) is 0 Å². The molecule has 0 amide bonds. The zero-order valence-corrected chi connectivity index (χ0v) is 19.9. The van der Waals surface area contributed by atoms with Crippen LogP contribution in [-0.2, 0) is 24.6 Å². The van der Waals surface area contributed by atoms with Gasteiger partial charge in [-0.3, -0.25) is 4.90 Å². The first-order valence-corrected chi connectivity index (χ1v) is 12.9. The van der Waals surface area contributed by atoms with E-state index >= 15 is 0 Å². The van der Waals surface area contributed by atoms with Gasteiger partial charge in [0.2, 0.25) is 0 Å². The number of alkyl halides is 3. The van der Waals surface area contributed by atoms with E-state index in [1.165, 1.54) is 18.9 Å². The van der Waals surface area contributed by atoms with E-state index in [4.69, 9.17) is 4.74 Å². The number of ether oxygens (including phenoxy) is 1. The SMILES string of the molecule is O[C@@]12CCNCC[C@@]13CCN(CC1CC1)[C@@H]2Cc1cc(C(F)(F)F)c(OCc2ccccc2)cc13. The summed E-state index contributed by atoms with van der Waals surface area (Å²) in [4.78, 5) is 2.39. The van der Waals surface area contributed by atoms with E-state index < -0.39 is 22.8 Å². The van der Waals surface area contributed by atoms with Gasteiger partial charge in [-0.1, -0.05) is 30.3 Å². The van der Waals surface area contributed by atoms with Crippen LogP contribution in [0.4, 0.5) is 13.2 Å². The Morgan fingerprint density at radius 3 is 2.57 bits per heavy atom. The van der Waals surface area contributed by atoms with Crippen LogP contribution in [0.3, 0.4) is 0 Å². The summed E-state index contributed by atoms with van der Waals surface area (Å²) in [6, 6.07) is 12.1. The zero-order chi connectivity index (χ0) is 24.3. The average Bonchev–Trinajstić information content (AvgIpc) is 3.66. The van der Waals surface area contributed by atoms with Gasteiger partial charge in [0.05, 0.1) is 11.2 Å². The quantitative estimate of drug-likeness (QED) is 0.645. The molecule has 7 heteroatoms. The molecule has 3 atom stereocenters. The lowest BCUT2D eigenvalue weighted by Crippen LogP contribution is -2.71. The molecule has 2 bridgehead atoms. The highest BCUT2D eigenvalue weighted by molar-refractivity contribution is 5.52. The Balaban J connectivity index is 1.45. The molecule has 2 aromatic carbocycles. The normalized spacial score (nSPS) is 30.8. The molecule has 2 heterocycles. The molecule has 0 radical (unpaired) electrons. The second-order valence-corrected chi connectivity index (χ2v) is 10.9. The number of likely N-dealkylation sites (tertiary alicyclic amines) is 1. The van der Waals surface area contributed by atoms with E-state index in [-0.39, 0.29) is 18.4 Å². The third kappa shape index (κ3) is 3.96. The van der Waals surface area contributed by atoms with Crippen molar-refractivity contribution in [3.05, 3.63) is 64.7 Å². The van der Waals surface area contributed by atoms with Gasteiger partial charge in [0.15, 0.2) is 0 Å². The first-order chi connectivity index (χ1) is 16.8. The van der Waals surface area contributed by atoms with Crippen LogP contribution in [0.15, 0.2) is 42.5 Å². The summed E-state index contributed by atoms with van der Waals surface area (Å²) in [5, 5.41) is 15.8. The van der Waals surface area contributed by atoms with Gasteiger partial charge >= 0.3 is 6.18 Å². The topological polar surface area (TPSA) is 44.7 Å². The highest BCUT2D eigenvalue weighted by Gasteiger charge is 2.63. The first-order valence-electron chi connectivity index (χ1n) is 12.9. The highest BCUT2D eigenvalue weighted by atomic mass is 19.4. The molecule has 2 N–H and O–H groups in total. The predicted molar refractivity (Wildman–Crippen MR) is 127 cm³/mol. The molecule has 0 unspecified atom stereocenters. The molecule has 1 saturated carbocycles. The minimum absolute atomic E-state index is 0.0688. The zero-order valence-electron chi connectivity index (χ0n) is 19.9. The number of benzene rings is 2. The lowest BCUT2D eigenvalue weighted by Gasteiger charge is -2.61. The lowest BCUT2D eigenvalue weighted by molar-refractivity contribution is -0.150. The van der Waals surface area contributed by atoms with Crippen LogP contribution in [-0.4, -0.2) is 47.8 Å². The van der Waals surface area contributed by atoms with Gasteiger partial charge in [-0.05, 0) is 92.9 Å². The van der Waals surface area contributed by atoms with Crippen molar-refractivity contribution >= 4 is 0 Å². The maximum atomic E-state index is 14.2. The molecule has 3 fully saturated rings. The Hall–Kier alpha value is -2.09. The molecule has 2 aliphatic carbocycles. The number of fused-ring (bicyclic) bond motifs is 1. The molecule has 2 saturated heterocycles. The molecule has 2 aromatic rings. The number of hydrogen-bond donors (Lipinski definition) is 2. The van der Waals surface area contributed by atoms with E-state index in [2.05, 4.69) is 10.2 Å². The Bertz CT molecular complexity index is 1090. The minimum Gasteiger partial charge on any atom is -0.488 e. The number of nitrogens with zero attached hydrogens (tertiary/aromatic N) is 1. The van der Waals surface area contributed by atoms with Crippen LogP contribution in [0.1, 0.15) is 54.4 Å². The molecule has 6 rings (SSSR count). The van der Waals surface area contributed by atoms with E-state index in [0.29, 0.717) is 25.2 Å². The summed E-state index contributed by atoms with van der Waals surface area (Å²) in [7, 11) is 0. The summed E-state index contributed by atoms with van der Waals surface area (Å²) in [5.41, 5.74) is 0.160. The monoisotopic (exact) mass is 486 g/mol. The molecule has 35 heavy (non-hydrogen) atoms. The summed E-state index contributed by atoms with van der Waals surface area (Å²) < 4.78 is 48.5. The second kappa shape index (κ2) is 8.49. The van der Waals surface area contributed by atoms with Crippen LogP contribution in [0, 0.1) is 5.92 Å². The number of nitrogens with one attached hydrogen (secondary N) is 1. The summed E-state index contributed by atoms with van der Waals surface area (Å²) in [6.07, 6.45) is 0.442. The van der Waals surface area contributed by atoms with Gasteiger partial charge < -0.3 is 15.2 Å². The minimum atomic E-state index is -4.51. The van der Waals surface area contributed by atoms with E-state index in [0.717, 1.165) is 49.3 Å². The van der Waals surface area contributed by atoms with Crippen molar-refractivity contribution in [2.24, 2.45) is 5.92 Å². The van der Waals surface area contributed by atoms with Crippen molar-refractivity contribution < 1.29 is 23.0 Å². The smallest absolute Gasteiger partial charge is 0.419 e. The number of rotatable bonds is 5. The molecule has 0 spiro atoms. The molecular formula is C28H33F3N2O2. The van der Waals surface area contributed by atoms with E-state index in [1.54, 1.807) is 6.07 Å². The van der Waals surface area contributed by atoms with Crippen molar-refractivity contribution in [2.75, 3.05) is 26.2 Å². The standard InChI is InChI=1S/C28H33F3N2O2/c29-28(30,31)23-14-21-15-25-27(34)9-12-32-11-8-26(27,10-13-33(25)17-19-6-7-19)22(21)16-24(23)35-18-20-4-2-1-3-5-20/h1-5,14,16,19,25,32,34H,6-13,15,17-18H2/t25-,26+,27-/m1/s1. The fourth-order valence-corrected chi connectivity index (χ4v) is 6.96. The van der Waals surface area contributed by atoms with Gasteiger partial charge in [0, 0.05) is 18.0 Å². The van der Waals surface area contributed by atoms with Gasteiger partial charge in [0.1, 0.15) is 12.4 Å². The molecular weight excluding hydrogens is 453 g/mol. The Kier molecular flexibility index (Phi) is 5.66. The fourth-order valence-electron chi connectivity index (χ4n) is 6.96. The Labute approximate surface area is 204 Å². The molecule has 4 aliphatic rings. The number of hydrogen-bond acceptors (Lipinski definition) is 4. The maximum Gasteiger partial charge on any atom is 0.419 e.